The molecule has 136 valence electrons. The molecule has 0 aliphatic carbocycles. The van der Waals surface area contributed by atoms with Crippen LogP contribution in [-0.2, 0) is 9.53 Å². The van der Waals surface area contributed by atoms with Crippen LogP contribution in [0.15, 0.2) is 40.6 Å². The van der Waals surface area contributed by atoms with Crippen LogP contribution in [0.2, 0.25) is 0 Å². The van der Waals surface area contributed by atoms with E-state index in [9.17, 15) is 9.59 Å². The summed E-state index contributed by atoms with van der Waals surface area (Å²) in [4.78, 5) is 27.6. The Morgan fingerprint density at radius 1 is 1.38 bits per heavy atom. The van der Waals surface area contributed by atoms with Gasteiger partial charge in [0, 0.05) is 38.4 Å². The van der Waals surface area contributed by atoms with E-state index in [1.165, 1.54) is 0 Å². The first-order valence-electron chi connectivity index (χ1n) is 8.68. The quantitative estimate of drug-likeness (QED) is 0.674. The fourth-order valence-electron chi connectivity index (χ4n) is 3.01. The molecule has 1 atom stereocenters. The van der Waals surface area contributed by atoms with E-state index in [0.29, 0.717) is 38.8 Å². The number of benzene rings is 1. The van der Waals surface area contributed by atoms with Crippen molar-refractivity contribution in [1.82, 2.24) is 4.90 Å². The molecule has 0 saturated carbocycles. The van der Waals surface area contributed by atoms with Gasteiger partial charge in [-0.05, 0) is 12.1 Å². The summed E-state index contributed by atoms with van der Waals surface area (Å²) in [5.74, 6) is 2.56. The van der Waals surface area contributed by atoms with Gasteiger partial charge < -0.3 is 9.64 Å². The summed E-state index contributed by atoms with van der Waals surface area (Å²) in [6.45, 7) is 0.788. The van der Waals surface area contributed by atoms with Crippen LogP contribution in [0.5, 0.6) is 0 Å². The molecule has 7 nitrogen and oxygen atoms in total. The SMILES string of the molecule is C#CCCC1(CCC(=O)N(C)CC2CN(c3ccccc3)C(=O)O2)N=N1. The minimum atomic E-state index is -0.452. The molecule has 0 radical (unpaired) electrons. The zero-order chi connectivity index (χ0) is 18.6. The van der Waals surface area contributed by atoms with Crippen LogP contribution >= 0.6 is 0 Å². The Labute approximate surface area is 153 Å². The van der Waals surface area contributed by atoms with Gasteiger partial charge in [0.05, 0.1) is 13.1 Å². The number of para-hydroxylation sites is 1. The van der Waals surface area contributed by atoms with Gasteiger partial charge in [-0.2, -0.15) is 10.2 Å². The lowest BCUT2D eigenvalue weighted by Crippen LogP contribution is -2.36. The number of terminal acetylenes is 1. The summed E-state index contributed by atoms with van der Waals surface area (Å²) < 4.78 is 5.39. The highest BCUT2D eigenvalue weighted by Crippen LogP contribution is 2.37. The molecule has 1 aromatic rings. The van der Waals surface area contributed by atoms with Crippen LogP contribution in [0.1, 0.15) is 25.7 Å². The molecule has 3 rings (SSSR count). The lowest BCUT2D eigenvalue weighted by Gasteiger charge is -2.21. The molecule has 2 aliphatic rings. The molecule has 26 heavy (non-hydrogen) atoms. The Bertz CT molecular complexity index is 735. The molecule has 1 unspecified atom stereocenters. The van der Waals surface area contributed by atoms with E-state index < -0.39 is 5.66 Å². The number of anilines is 1. The number of rotatable bonds is 8. The second-order valence-electron chi connectivity index (χ2n) is 6.61. The first-order chi connectivity index (χ1) is 12.5. The van der Waals surface area contributed by atoms with Gasteiger partial charge >= 0.3 is 6.09 Å². The highest BCUT2D eigenvalue weighted by atomic mass is 16.6. The van der Waals surface area contributed by atoms with Gasteiger partial charge in [-0.3, -0.25) is 9.69 Å². The maximum atomic E-state index is 12.4. The molecule has 0 bridgehead atoms. The monoisotopic (exact) mass is 354 g/mol. The maximum Gasteiger partial charge on any atom is 0.414 e. The van der Waals surface area contributed by atoms with Gasteiger partial charge in [0.25, 0.3) is 0 Å². The molecule has 0 spiro atoms. The van der Waals surface area contributed by atoms with Crippen molar-refractivity contribution in [1.29, 1.82) is 0 Å². The van der Waals surface area contributed by atoms with Crippen molar-refractivity contribution < 1.29 is 14.3 Å². The van der Waals surface area contributed by atoms with Crippen molar-refractivity contribution in [2.75, 3.05) is 25.0 Å². The number of carbonyl (C=O) groups is 2. The summed E-state index contributed by atoms with van der Waals surface area (Å²) in [5, 5.41) is 8.08. The summed E-state index contributed by atoms with van der Waals surface area (Å²) >= 11 is 0. The van der Waals surface area contributed by atoms with Gasteiger partial charge in [-0.25, -0.2) is 4.79 Å². The highest BCUT2D eigenvalue weighted by molar-refractivity contribution is 5.89. The number of likely N-dealkylation sites (N-methyl/N-ethyl adjacent to an activating group) is 1. The molecule has 2 amide bonds. The van der Waals surface area contributed by atoms with Crippen molar-refractivity contribution in [2.45, 2.75) is 37.5 Å². The number of hydrogen-bond acceptors (Lipinski definition) is 5. The summed E-state index contributed by atoms with van der Waals surface area (Å²) in [6, 6.07) is 9.35. The summed E-state index contributed by atoms with van der Waals surface area (Å²) in [5.41, 5.74) is 0.341. The maximum absolute atomic E-state index is 12.4. The minimum Gasteiger partial charge on any atom is -0.442 e. The van der Waals surface area contributed by atoms with Crippen LogP contribution in [0, 0.1) is 12.3 Å². The Balaban J connectivity index is 1.46. The van der Waals surface area contributed by atoms with Crippen LogP contribution in [0.4, 0.5) is 10.5 Å². The molecule has 7 heteroatoms. The number of cyclic esters (lactones) is 1. The molecule has 2 heterocycles. The first-order valence-corrected chi connectivity index (χ1v) is 8.68. The normalized spacial score (nSPS) is 19.8. The smallest absolute Gasteiger partial charge is 0.414 e. The van der Waals surface area contributed by atoms with Crippen molar-refractivity contribution in [3.8, 4) is 12.3 Å². The van der Waals surface area contributed by atoms with Gasteiger partial charge in [-0.15, -0.1) is 12.3 Å². The largest absolute Gasteiger partial charge is 0.442 e. The lowest BCUT2D eigenvalue weighted by atomic mass is 10.0. The second kappa shape index (κ2) is 7.56. The minimum absolute atomic E-state index is 0.0170. The number of ether oxygens (including phenoxy) is 1. The van der Waals surface area contributed by atoms with E-state index in [1.54, 1.807) is 16.8 Å². The average molecular weight is 354 g/mol. The molecular weight excluding hydrogens is 332 g/mol. The molecule has 0 N–H and O–H groups in total. The van der Waals surface area contributed by atoms with Crippen LogP contribution < -0.4 is 4.90 Å². The van der Waals surface area contributed by atoms with Crippen LogP contribution in [0.3, 0.4) is 0 Å². The lowest BCUT2D eigenvalue weighted by molar-refractivity contribution is -0.131. The number of carbonyl (C=O) groups excluding carboxylic acids is 2. The zero-order valence-electron chi connectivity index (χ0n) is 14.8. The van der Waals surface area contributed by atoms with Gasteiger partial charge in [0.2, 0.25) is 5.91 Å². The van der Waals surface area contributed by atoms with E-state index in [4.69, 9.17) is 11.2 Å². The standard InChI is InChI=1S/C19H22N4O3/c1-3-4-11-19(20-21-19)12-10-17(24)22(2)13-16-14-23(18(25)26-16)15-8-6-5-7-9-15/h1,5-9,16H,4,10-14H2,2H3. The number of amides is 2. The van der Waals surface area contributed by atoms with E-state index in [-0.39, 0.29) is 18.1 Å². The zero-order valence-corrected chi connectivity index (χ0v) is 14.8. The predicted octanol–water partition coefficient (Wildman–Crippen LogP) is 2.83. The molecule has 1 aromatic carbocycles. The van der Waals surface area contributed by atoms with E-state index in [0.717, 1.165) is 5.69 Å². The van der Waals surface area contributed by atoms with Gasteiger partial charge in [-0.1, -0.05) is 18.2 Å². The van der Waals surface area contributed by atoms with Crippen molar-refractivity contribution in [3.05, 3.63) is 30.3 Å². The number of hydrogen-bond donors (Lipinski definition) is 0. The molecule has 0 aromatic heterocycles. The topological polar surface area (TPSA) is 74.6 Å². The Kier molecular flexibility index (Phi) is 5.21. The van der Waals surface area contributed by atoms with Crippen molar-refractivity contribution in [3.63, 3.8) is 0 Å². The fourth-order valence-corrected chi connectivity index (χ4v) is 3.01. The Morgan fingerprint density at radius 3 is 2.77 bits per heavy atom. The molecular formula is C19H22N4O3. The van der Waals surface area contributed by atoms with Gasteiger partial charge in [0.15, 0.2) is 5.66 Å². The highest BCUT2D eigenvalue weighted by Gasteiger charge is 2.40. The van der Waals surface area contributed by atoms with Gasteiger partial charge in [0.1, 0.15) is 6.10 Å². The molecule has 2 aliphatic heterocycles. The Hall–Kier alpha value is -2.88. The average Bonchev–Trinajstić information content (AvgIpc) is 3.33. The van der Waals surface area contributed by atoms with E-state index in [2.05, 4.69) is 16.1 Å². The van der Waals surface area contributed by atoms with Crippen LogP contribution in [0.25, 0.3) is 0 Å². The molecule has 1 saturated heterocycles. The first kappa shape index (κ1) is 17.9. The summed E-state index contributed by atoms with van der Waals surface area (Å²) in [7, 11) is 1.72. The van der Waals surface area contributed by atoms with E-state index in [1.807, 2.05) is 30.3 Å². The third kappa shape index (κ3) is 4.20. The summed E-state index contributed by atoms with van der Waals surface area (Å²) in [6.07, 6.45) is 6.74. The number of nitrogens with zero attached hydrogens (tertiary/aromatic N) is 4. The van der Waals surface area contributed by atoms with Crippen molar-refractivity contribution in [2.24, 2.45) is 10.2 Å². The third-order valence-electron chi connectivity index (χ3n) is 4.64. The van der Waals surface area contributed by atoms with Crippen molar-refractivity contribution >= 4 is 17.7 Å². The fraction of sp³-hybridized carbons (Fsp3) is 0.474. The van der Waals surface area contributed by atoms with Crippen LogP contribution in [-0.4, -0.2) is 48.8 Å². The van der Waals surface area contributed by atoms with E-state index >= 15 is 0 Å². The Morgan fingerprint density at radius 2 is 2.12 bits per heavy atom. The third-order valence-corrected chi connectivity index (χ3v) is 4.64. The second-order valence-corrected chi connectivity index (χ2v) is 6.61. The molecule has 1 fully saturated rings. The predicted molar refractivity (Wildman–Crippen MR) is 96.6 cm³/mol.